The zero-order valence-electron chi connectivity index (χ0n) is 17.8. The summed E-state index contributed by atoms with van der Waals surface area (Å²) in [5, 5.41) is 3.61. The normalized spacial score (nSPS) is 16.2. The number of hydrogen-bond donors (Lipinski definition) is 1. The summed E-state index contributed by atoms with van der Waals surface area (Å²) in [6.45, 7) is 3.46. The molecule has 5 rings (SSSR count). The van der Waals surface area contributed by atoms with Gasteiger partial charge in [-0.3, -0.25) is 0 Å². The van der Waals surface area contributed by atoms with Gasteiger partial charge >= 0.3 is 0 Å². The average Bonchev–Trinajstić information content (AvgIpc) is 2.81. The first-order valence-corrected chi connectivity index (χ1v) is 11.2. The van der Waals surface area contributed by atoms with Crippen LogP contribution in [0, 0.1) is 0 Å². The van der Waals surface area contributed by atoms with Crippen molar-refractivity contribution in [1.29, 1.82) is 0 Å². The van der Waals surface area contributed by atoms with E-state index in [0.717, 1.165) is 51.4 Å². The number of nitrogens with zero attached hydrogens (tertiary/aromatic N) is 2. The number of anilines is 2. The Morgan fingerprint density at radius 3 is 2.61 bits per heavy atom. The second-order valence-electron chi connectivity index (χ2n) is 8.42. The molecule has 0 atom stereocenters. The zero-order chi connectivity index (χ0) is 20.9. The van der Waals surface area contributed by atoms with Crippen LogP contribution >= 0.6 is 0 Å². The molecule has 3 aromatic rings. The summed E-state index contributed by atoms with van der Waals surface area (Å²) < 4.78 is 5.48. The second kappa shape index (κ2) is 9.36. The van der Waals surface area contributed by atoms with Gasteiger partial charge in [0.05, 0.1) is 0 Å². The maximum atomic E-state index is 5.48. The molecule has 0 amide bonds. The van der Waals surface area contributed by atoms with Gasteiger partial charge in [-0.05, 0) is 36.0 Å². The molecule has 4 nitrogen and oxygen atoms in total. The molecule has 0 bridgehead atoms. The lowest BCUT2D eigenvalue weighted by molar-refractivity contribution is 0.0904. The van der Waals surface area contributed by atoms with Crippen LogP contribution in [0.2, 0.25) is 0 Å². The molecule has 1 fully saturated rings. The number of nitrogens with one attached hydrogen (secondary N) is 1. The Morgan fingerprint density at radius 1 is 0.935 bits per heavy atom. The summed E-state index contributed by atoms with van der Waals surface area (Å²) in [5.41, 5.74) is 6.48. The molecule has 0 radical (unpaired) electrons. The highest BCUT2D eigenvalue weighted by Crippen LogP contribution is 2.30. The summed E-state index contributed by atoms with van der Waals surface area (Å²) in [6.07, 6.45) is 9.44. The Balaban J connectivity index is 1.32. The molecular formula is C27H29N3O. The first-order valence-electron chi connectivity index (χ1n) is 11.2. The Kier molecular flexibility index (Phi) is 5.99. The fourth-order valence-electron chi connectivity index (χ4n) is 4.43. The number of rotatable bonds is 6. The number of aromatic nitrogens is 1. The maximum Gasteiger partial charge on any atom is 0.128 e. The molecule has 2 aromatic carbocycles. The molecule has 1 aromatic heterocycles. The van der Waals surface area contributed by atoms with Crippen LogP contribution in [0.5, 0.6) is 0 Å². The van der Waals surface area contributed by atoms with Crippen LogP contribution in [0.4, 0.5) is 11.5 Å². The molecule has 2 aliphatic rings. The minimum absolute atomic E-state index is 0.446. The fourth-order valence-corrected chi connectivity index (χ4v) is 4.43. The van der Waals surface area contributed by atoms with Crippen LogP contribution in [-0.4, -0.2) is 30.8 Å². The lowest BCUT2D eigenvalue weighted by Crippen LogP contribution is -2.29. The maximum absolute atomic E-state index is 5.48. The smallest absolute Gasteiger partial charge is 0.128 e. The van der Waals surface area contributed by atoms with Crippen molar-refractivity contribution in [2.45, 2.75) is 31.8 Å². The van der Waals surface area contributed by atoms with E-state index in [1.807, 2.05) is 6.20 Å². The number of hydrogen-bond acceptors (Lipinski definition) is 4. The summed E-state index contributed by atoms with van der Waals surface area (Å²) in [7, 11) is 0. The van der Waals surface area contributed by atoms with E-state index in [1.165, 1.54) is 27.9 Å². The van der Waals surface area contributed by atoms with Crippen LogP contribution in [0.3, 0.4) is 0 Å². The standard InChI is InChI=1S/C27H29N3O/c1-2-6-21(7-3-1)16-22-8-4-9-23(17-22)20-30-13-5-10-24-19-28-27(18-26(24)30)29-25-11-14-31-15-12-25/h1-10,17-19,25H,11-16,20H2,(H,28,29). The van der Waals surface area contributed by atoms with Gasteiger partial charge in [-0.25, -0.2) is 4.98 Å². The first-order chi connectivity index (χ1) is 15.3. The third-order valence-corrected chi connectivity index (χ3v) is 6.07. The van der Waals surface area contributed by atoms with Crippen LogP contribution in [0.15, 0.2) is 72.9 Å². The summed E-state index contributed by atoms with van der Waals surface area (Å²) in [5.74, 6) is 0.962. The second-order valence-corrected chi connectivity index (χ2v) is 8.42. The average molecular weight is 412 g/mol. The highest BCUT2D eigenvalue weighted by molar-refractivity contribution is 5.73. The highest BCUT2D eigenvalue weighted by atomic mass is 16.5. The number of benzene rings is 2. The molecule has 3 heterocycles. The Hall–Kier alpha value is -3.11. The number of fused-ring (bicyclic) bond motifs is 1. The van der Waals surface area contributed by atoms with Gasteiger partial charge in [0.15, 0.2) is 0 Å². The predicted octanol–water partition coefficient (Wildman–Crippen LogP) is 5.30. The molecule has 1 N–H and O–H groups in total. The van der Waals surface area contributed by atoms with Crippen molar-refractivity contribution < 1.29 is 4.74 Å². The largest absolute Gasteiger partial charge is 0.381 e. The van der Waals surface area contributed by atoms with E-state index in [2.05, 4.69) is 88.0 Å². The zero-order valence-corrected chi connectivity index (χ0v) is 17.8. The van der Waals surface area contributed by atoms with Gasteiger partial charge in [-0.15, -0.1) is 0 Å². The van der Waals surface area contributed by atoms with Crippen molar-refractivity contribution in [3.05, 3.63) is 95.2 Å². The lowest BCUT2D eigenvalue weighted by atomic mass is 10.0. The van der Waals surface area contributed by atoms with Crippen molar-refractivity contribution in [2.75, 3.05) is 30.0 Å². The van der Waals surface area contributed by atoms with Gasteiger partial charge in [0, 0.05) is 55.9 Å². The third-order valence-electron chi connectivity index (χ3n) is 6.07. The van der Waals surface area contributed by atoms with Crippen molar-refractivity contribution in [2.24, 2.45) is 0 Å². The van der Waals surface area contributed by atoms with Gasteiger partial charge in [0.1, 0.15) is 5.82 Å². The van der Waals surface area contributed by atoms with E-state index < -0.39 is 0 Å². The van der Waals surface area contributed by atoms with E-state index in [-0.39, 0.29) is 0 Å². The minimum atomic E-state index is 0.446. The predicted molar refractivity (Wildman–Crippen MR) is 127 cm³/mol. The summed E-state index contributed by atoms with van der Waals surface area (Å²) in [6, 6.07) is 22.3. The summed E-state index contributed by atoms with van der Waals surface area (Å²) >= 11 is 0. The third kappa shape index (κ3) is 4.97. The highest BCUT2D eigenvalue weighted by Gasteiger charge is 2.18. The van der Waals surface area contributed by atoms with Gasteiger partial charge in [-0.1, -0.05) is 66.7 Å². The van der Waals surface area contributed by atoms with Crippen molar-refractivity contribution in [3.63, 3.8) is 0 Å². The van der Waals surface area contributed by atoms with E-state index in [9.17, 15) is 0 Å². The number of ether oxygens (including phenoxy) is 1. The monoisotopic (exact) mass is 411 g/mol. The molecule has 0 spiro atoms. The quantitative estimate of drug-likeness (QED) is 0.597. The molecule has 2 aliphatic heterocycles. The van der Waals surface area contributed by atoms with Gasteiger partial charge < -0.3 is 15.0 Å². The topological polar surface area (TPSA) is 37.4 Å². The van der Waals surface area contributed by atoms with Gasteiger partial charge in [-0.2, -0.15) is 0 Å². The van der Waals surface area contributed by atoms with E-state index >= 15 is 0 Å². The Morgan fingerprint density at radius 2 is 1.74 bits per heavy atom. The molecule has 4 heteroatoms. The van der Waals surface area contributed by atoms with E-state index in [4.69, 9.17) is 4.74 Å². The Bertz CT molecular complexity index is 1040. The fraction of sp³-hybridized carbons (Fsp3) is 0.296. The van der Waals surface area contributed by atoms with Crippen molar-refractivity contribution in [1.82, 2.24) is 4.98 Å². The van der Waals surface area contributed by atoms with E-state index in [1.54, 1.807) is 0 Å². The molecule has 0 saturated carbocycles. The van der Waals surface area contributed by atoms with Crippen LogP contribution < -0.4 is 10.2 Å². The minimum Gasteiger partial charge on any atom is -0.381 e. The van der Waals surface area contributed by atoms with E-state index in [0.29, 0.717) is 6.04 Å². The SMILES string of the molecule is C1=Cc2cnc(NC3CCOCC3)cc2N(Cc2cccc(Cc3ccccc3)c2)C1. The number of pyridine rings is 1. The molecule has 1 saturated heterocycles. The lowest BCUT2D eigenvalue weighted by Gasteiger charge is -2.29. The van der Waals surface area contributed by atoms with Crippen molar-refractivity contribution in [3.8, 4) is 0 Å². The molecule has 0 unspecified atom stereocenters. The van der Waals surface area contributed by atoms with Gasteiger partial charge in [0.25, 0.3) is 0 Å². The molecule has 158 valence electrons. The van der Waals surface area contributed by atoms with Crippen molar-refractivity contribution >= 4 is 17.6 Å². The van der Waals surface area contributed by atoms with Crippen LogP contribution in [0.25, 0.3) is 6.08 Å². The Labute approximate surface area is 184 Å². The first kappa shape index (κ1) is 19.8. The molecular weight excluding hydrogens is 382 g/mol. The van der Waals surface area contributed by atoms with Gasteiger partial charge in [0.2, 0.25) is 0 Å². The van der Waals surface area contributed by atoms with Crippen LogP contribution in [-0.2, 0) is 17.7 Å². The van der Waals surface area contributed by atoms with Crippen LogP contribution in [0.1, 0.15) is 35.1 Å². The molecule has 31 heavy (non-hydrogen) atoms. The molecule has 0 aliphatic carbocycles. The summed E-state index contributed by atoms with van der Waals surface area (Å²) in [4.78, 5) is 7.10.